The smallest absolute Gasteiger partial charge is 0.406 e. The monoisotopic (exact) mass is 648 g/mol. The Labute approximate surface area is 261 Å². The van der Waals surface area contributed by atoms with Gasteiger partial charge >= 0.3 is 6.18 Å². The molecule has 0 amide bonds. The molecule has 1 atom stereocenters. The summed E-state index contributed by atoms with van der Waals surface area (Å²) in [7, 11) is -2.00. The number of aromatic nitrogens is 1. The number of alkyl halides is 3. The molecule has 1 aromatic heterocycles. The van der Waals surface area contributed by atoms with E-state index in [0.717, 1.165) is 44.4 Å². The van der Waals surface area contributed by atoms with Crippen LogP contribution in [0, 0.1) is 11.8 Å². The quantitative estimate of drug-likeness (QED) is 0.310. The summed E-state index contributed by atoms with van der Waals surface area (Å²) in [5, 5.41) is 7.31. The van der Waals surface area contributed by atoms with Crippen LogP contribution < -0.4 is 15.4 Å². The summed E-state index contributed by atoms with van der Waals surface area (Å²) >= 11 is 0. The van der Waals surface area contributed by atoms with Crippen molar-refractivity contribution < 1.29 is 35.8 Å². The molecule has 0 aliphatic carbocycles. The molecule has 2 saturated heterocycles. The zero-order valence-electron chi connectivity index (χ0n) is 25.8. The molecule has 2 aliphatic heterocycles. The lowest BCUT2D eigenvalue weighted by molar-refractivity contribution is -0.141. The highest BCUT2D eigenvalue weighted by molar-refractivity contribution is 7.90. The van der Waals surface area contributed by atoms with Gasteiger partial charge in [-0.05, 0) is 62.9 Å². The molecule has 2 fully saturated rings. The minimum atomic E-state index is -4.44. The molecule has 1 unspecified atom stereocenters. The Balaban J connectivity index is 1.29. The molecule has 2 N–H and O–H groups in total. The van der Waals surface area contributed by atoms with Crippen LogP contribution in [0.1, 0.15) is 32.4 Å². The maximum atomic E-state index is 13.7. The van der Waals surface area contributed by atoms with E-state index in [1.54, 1.807) is 24.3 Å². The van der Waals surface area contributed by atoms with Crippen molar-refractivity contribution in [2.75, 3.05) is 56.8 Å². The first-order valence-electron chi connectivity index (χ1n) is 14.8. The maximum absolute atomic E-state index is 13.7. The number of nitrogens with zero attached hydrogens (tertiary/aromatic N) is 2. The Morgan fingerprint density at radius 1 is 1.11 bits per heavy atom. The Bertz CT molecular complexity index is 1690. The predicted molar refractivity (Wildman–Crippen MR) is 167 cm³/mol. The number of hydrogen-bond acceptors (Lipinski definition) is 8. The lowest BCUT2D eigenvalue weighted by atomic mass is 10.0. The summed E-state index contributed by atoms with van der Waals surface area (Å²) in [5.74, 6) is 5.58. The third-order valence-electron chi connectivity index (χ3n) is 7.94. The van der Waals surface area contributed by atoms with Crippen molar-refractivity contribution in [2.45, 2.75) is 62.2 Å². The van der Waals surface area contributed by atoms with E-state index in [1.165, 1.54) is 23.8 Å². The SMILES string of the molecule is COc1cc(S(C)(=O)=O)ccc1NCC#Cc1cc2c(NC3CCN(CC4COC(C)(C)O4)CC3)cccc2n1CC(F)(F)F. The molecule has 3 heterocycles. The molecular weight excluding hydrogens is 609 g/mol. The molecule has 244 valence electrons. The average molecular weight is 649 g/mol. The van der Waals surface area contributed by atoms with Crippen molar-refractivity contribution in [2.24, 2.45) is 0 Å². The number of methoxy groups -OCH3 is 1. The number of ether oxygens (including phenoxy) is 3. The lowest BCUT2D eigenvalue weighted by Gasteiger charge is -2.34. The molecule has 0 spiro atoms. The highest BCUT2D eigenvalue weighted by Crippen LogP contribution is 2.32. The second-order valence-corrected chi connectivity index (χ2v) is 13.9. The summed E-state index contributed by atoms with van der Waals surface area (Å²) < 4.78 is 82.8. The molecule has 45 heavy (non-hydrogen) atoms. The second kappa shape index (κ2) is 13.1. The largest absolute Gasteiger partial charge is 0.495 e. The van der Waals surface area contributed by atoms with E-state index >= 15 is 0 Å². The molecule has 0 bridgehead atoms. The van der Waals surface area contributed by atoms with Crippen molar-refractivity contribution in [1.82, 2.24) is 9.47 Å². The molecule has 0 radical (unpaired) electrons. The van der Waals surface area contributed by atoms with Crippen LogP contribution in [-0.2, 0) is 25.9 Å². The van der Waals surface area contributed by atoms with Gasteiger partial charge in [-0.1, -0.05) is 12.0 Å². The van der Waals surface area contributed by atoms with Crippen LogP contribution in [0.4, 0.5) is 24.5 Å². The van der Waals surface area contributed by atoms with E-state index < -0.39 is 28.3 Å². The number of sulfone groups is 1. The van der Waals surface area contributed by atoms with Crippen LogP contribution in [0.3, 0.4) is 0 Å². The lowest BCUT2D eigenvalue weighted by Crippen LogP contribution is -2.43. The van der Waals surface area contributed by atoms with Gasteiger partial charge < -0.3 is 34.3 Å². The first kappa shape index (κ1) is 32.9. The zero-order chi connectivity index (χ0) is 32.4. The molecule has 2 aliphatic rings. The second-order valence-electron chi connectivity index (χ2n) is 11.9. The number of likely N-dealkylation sites (tertiary alicyclic amines) is 1. The minimum absolute atomic E-state index is 0.0452. The minimum Gasteiger partial charge on any atom is -0.495 e. The van der Waals surface area contributed by atoms with Gasteiger partial charge in [0.2, 0.25) is 0 Å². The summed E-state index contributed by atoms with van der Waals surface area (Å²) in [5.41, 5.74) is 1.99. The van der Waals surface area contributed by atoms with Crippen LogP contribution in [-0.4, -0.2) is 88.1 Å². The number of hydrogen-bond donors (Lipinski definition) is 2. The molecule has 2 aromatic carbocycles. The molecule has 3 aromatic rings. The fourth-order valence-corrected chi connectivity index (χ4v) is 6.44. The highest BCUT2D eigenvalue weighted by atomic mass is 32.2. The van der Waals surface area contributed by atoms with Gasteiger partial charge in [0.15, 0.2) is 15.6 Å². The van der Waals surface area contributed by atoms with Crippen LogP contribution >= 0.6 is 0 Å². The van der Waals surface area contributed by atoms with Crippen LogP contribution in [0.2, 0.25) is 0 Å². The summed E-state index contributed by atoms with van der Waals surface area (Å²) in [4.78, 5) is 2.48. The number of nitrogens with one attached hydrogen (secondary N) is 2. The average Bonchev–Trinajstić information content (AvgIpc) is 3.49. The molecular formula is C32H39F3N4O5S. The van der Waals surface area contributed by atoms with Gasteiger partial charge in [-0.15, -0.1) is 0 Å². The number of anilines is 2. The summed E-state index contributed by atoms with van der Waals surface area (Å²) in [6, 6.07) is 11.6. The van der Waals surface area contributed by atoms with Gasteiger partial charge in [0.1, 0.15) is 12.3 Å². The predicted octanol–water partition coefficient (Wildman–Crippen LogP) is 5.11. The van der Waals surface area contributed by atoms with E-state index in [-0.39, 0.29) is 29.3 Å². The van der Waals surface area contributed by atoms with E-state index in [9.17, 15) is 21.6 Å². The topological polar surface area (TPSA) is 94.1 Å². The van der Waals surface area contributed by atoms with Gasteiger partial charge in [0, 0.05) is 49.1 Å². The normalized spacial score (nSPS) is 19.3. The standard InChI is InChI=1S/C32H39F3N4O5S/c1-31(2)43-20-24(44-31)19-38-15-12-22(13-16-38)37-27-8-5-9-29-26(27)17-23(39(29)21-32(33,34)35)7-6-14-36-28-11-10-25(45(4,40)41)18-30(28)42-3/h5,8-11,17-18,22,24,36-37H,12-16,19-21H2,1-4H3. The number of rotatable bonds is 9. The first-order chi connectivity index (χ1) is 21.2. The highest BCUT2D eigenvalue weighted by Gasteiger charge is 2.34. The van der Waals surface area contributed by atoms with Gasteiger partial charge in [-0.2, -0.15) is 13.2 Å². The van der Waals surface area contributed by atoms with Crippen molar-refractivity contribution in [3.05, 3.63) is 48.2 Å². The number of piperidine rings is 1. The van der Waals surface area contributed by atoms with Crippen molar-refractivity contribution in [1.29, 1.82) is 0 Å². The van der Waals surface area contributed by atoms with E-state index in [2.05, 4.69) is 27.4 Å². The van der Waals surface area contributed by atoms with Crippen LogP contribution in [0.5, 0.6) is 5.75 Å². The van der Waals surface area contributed by atoms with Crippen molar-refractivity contribution in [3.8, 4) is 17.6 Å². The van der Waals surface area contributed by atoms with Gasteiger partial charge in [-0.25, -0.2) is 8.42 Å². The van der Waals surface area contributed by atoms with Crippen LogP contribution in [0.25, 0.3) is 10.9 Å². The van der Waals surface area contributed by atoms with Crippen LogP contribution in [0.15, 0.2) is 47.4 Å². The van der Waals surface area contributed by atoms with E-state index in [4.69, 9.17) is 14.2 Å². The molecule has 5 rings (SSSR count). The molecule has 13 heteroatoms. The maximum Gasteiger partial charge on any atom is 0.406 e. The van der Waals surface area contributed by atoms with Crippen molar-refractivity contribution in [3.63, 3.8) is 0 Å². The van der Waals surface area contributed by atoms with E-state index in [1.807, 2.05) is 19.9 Å². The fraction of sp³-hybridized carbons (Fsp3) is 0.500. The van der Waals surface area contributed by atoms with Gasteiger partial charge in [0.25, 0.3) is 0 Å². The third-order valence-corrected chi connectivity index (χ3v) is 9.05. The Kier molecular flexibility index (Phi) is 9.60. The Morgan fingerprint density at radius 2 is 1.87 bits per heavy atom. The van der Waals surface area contributed by atoms with Gasteiger partial charge in [0.05, 0.1) is 48.2 Å². The summed E-state index contributed by atoms with van der Waals surface area (Å²) in [6.45, 7) is 5.92. The fourth-order valence-electron chi connectivity index (χ4n) is 5.81. The third kappa shape index (κ3) is 8.43. The number of halogens is 3. The number of fused-ring (bicyclic) bond motifs is 1. The molecule has 9 nitrogen and oxygen atoms in total. The van der Waals surface area contributed by atoms with Crippen molar-refractivity contribution >= 4 is 32.1 Å². The van der Waals surface area contributed by atoms with E-state index in [0.29, 0.717) is 28.9 Å². The van der Waals surface area contributed by atoms with Gasteiger partial charge in [-0.3, -0.25) is 0 Å². The Hall–Kier alpha value is -3.44. The Morgan fingerprint density at radius 3 is 2.51 bits per heavy atom. The molecule has 0 saturated carbocycles. The number of benzene rings is 2. The summed E-state index contributed by atoms with van der Waals surface area (Å²) in [6.07, 6.45) is -1.50. The zero-order valence-corrected chi connectivity index (χ0v) is 26.6. The first-order valence-corrected chi connectivity index (χ1v) is 16.7.